The summed E-state index contributed by atoms with van der Waals surface area (Å²) >= 11 is 0. The zero-order valence-electron chi connectivity index (χ0n) is 10.9. The molecule has 3 aromatic rings. The minimum absolute atomic E-state index is 0.0477. The van der Waals surface area contributed by atoms with Crippen LogP contribution in [-0.4, -0.2) is 15.9 Å². The molecule has 0 amide bonds. The number of hydrogen-bond acceptors (Lipinski definition) is 6. The molecule has 0 aliphatic carbocycles. The number of esters is 1. The summed E-state index contributed by atoms with van der Waals surface area (Å²) in [6.07, 6.45) is 0. The molecule has 22 heavy (non-hydrogen) atoms. The molecule has 0 aliphatic heterocycles. The first-order valence-corrected chi connectivity index (χ1v) is 6.13. The fourth-order valence-corrected chi connectivity index (χ4v) is 1.99. The van der Waals surface area contributed by atoms with E-state index in [4.69, 9.17) is 9.15 Å². The van der Waals surface area contributed by atoms with E-state index in [1.807, 2.05) is 0 Å². The van der Waals surface area contributed by atoms with Gasteiger partial charge in [0, 0.05) is 6.07 Å². The van der Waals surface area contributed by atoms with Crippen molar-refractivity contribution >= 4 is 22.8 Å². The molecule has 0 saturated carbocycles. The first-order chi connectivity index (χ1) is 10.6. The van der Waals surface area contributed by atoms with Crippen LogP contribution in [0.25, 0.3) is 11.1 Å². The maximum Gasteiger partial charge on any atom is 0.417 e. The molecule has 8 nitrogen and oxygen atoms in total. The number of benzene rings is 2. The Morgan fingerprint density at radius 2 is 1.95 bits per heavy atom. The normalized spacial score (nSPS) is 10.5. The number of fused-ring (bicyclic) bond motifs is 1. The highest BCUT2D eigenvalue weighted by molar-refractivity contribution is 5.96. The summed E-state index contributed by atoms with van der Waals surface area (Å²) in [4.78, 5) is 36.0. The Kier molecular flexibility index (Phi) is 3.18. The molecular formula is C14H8N2O6. The highest BCUT2D eigenvalue weighted by Gasteiger charge is 2.22. The minimum Gasteiger partial charge on any atom is -0.420 e. The monoisotopic (exact) mass is 300 g/mol. The van der Waals surface area contributed by atoms with Gasteiger partial charge in [-0.2, -0.15) is 0 Å². The number of nitro benzene ring substituents is 1. The largest absolute Gasteiger partial charge is 0.420 e. The average Bonchev–Trinajstić information content (AvgIpc) is 2.88. The second-order valence-corrected chi connectivity index (χ2v) is 4.31. The van der Waals surface area contributed by atoms with E-state index in [2.05, 4.69) is 4.98 Å². The fourth-order valence-electron chi connectivity index (χ4n) is 1.99. The van der Waals surface area contributed by atoms with Crippen molar-refractivity contribution in [2.45, 2.75) is 0 Å². The lowest BCUT2D eigenvalue weighted by Crippen LogP contribution is -2.11. The summed E-state index contributed by atoms with van der Waals surface area (Å²) in [6.45, 7) is 0. The number of nitro groups is 1. The number of aromatic nitrogens is 1. The molecule has 0 aliphatic rings. The summed E-state index contributed by atoms with van der Waals surface area (Å²) in [5.41, 5.74) is -0.118. The lowest BCUT2D eigenvalue weighted by Gasteiger charge is -2.05. The van der Waals surface area contributed by atoms with Gasteiger partial charge in [0.1, 0.15) is 11.1 Å². The highest BCUT2D eigenvalue weighted by Crippen LogP contribution is 2.25. The van der Waals surface area contributed by atoms with Crippen LogP contribution in [0, 0.1) is 10.1 Å². The van der Waals surface area contributed by atoms with Crippen LogP contribution in [0.15, 0.2) is 51.7 Å². The summed E-state index contributed by atoms with van der Waals surface area (Å²) in [6, 6.07) is 9.93. The van der Waals surface area contributed by atoms with Gasteiger partial charge in [-0.05, 0) is 18.2 Å². The molecule has 1 heterocycles. The van der Waals surface area contributed by atoms with Crippen LogP contribution in [0.2, 0.25) is 0 Å². The van der Waals surface area contributed by atoms with E-state index in [0.29, 0.717) is 0 Å². The number of rotatable bonds is 3. The maximum absolute atomic E-state index is 12.1. The summed E-state index contributed by atoms with van der Waals surface area (Å²) in [5.74, 6) is -1.54. The summed E-state index contributed by atoms with van der Waals surface area (Å²) in [5, 5.41) is 10.9. The average molecular weight is 300 g/mol. The standard InChI is InChI=1S/C14H8N2O6/c17-13(8-4-1-2-5-9(8)16(19)20)21-10-6-3-7-11-12(10)15-14(18)22-11/h1-7H,(H,15,18). The Labute approximate surface area is 122 Å². The van der Waals surface area contributed by atoms with E-state index in [0.717, 1.165) is 0 Å². The van der Waals surface area contributed by atoms with Crippen LogP contribution in [0.1, 0.15) is 10.4 Å². The number of carbonyl (C=O) groups is 1. The quantitative estimate of drug-likeness (QED) is 0.343. The Morgan fingerprint density at radius 3 is 2.73 bits per heavy atom. The third-order valence-electron chi connectivity index (χ3n) is 2.94. The number of nitrogens with one attached hydrogen (secondary N) is 1. The Bertz CT molecular complexity index is 940. The van der Waals surface area contributed by atoms with Gasteiger partial charge in [-0.1, -0.05) is 18.2 Å². The van der Waals surface area contributed by atoms with Gasteiger partial charge in [-0.15, -0.1) is 0 Å². The van der Waals surface area contributed by atoms with Crippen LogP contribution in [0.5, 0.6) is 5.75 Å². The van der Waals surface area contributed by atoms with Crippen molar-refractivity contribution < 1.29 is 18.9 Å². The lowest BCUT2D eigenvalue weighted by atomic mass is 10.2. The van der Waals surface area contributed by atoms with E-state index in [9.17, 15) is 19.7 Å². The number of H-pyrrole nitrogens is 1. The van der Waals surface area contributed by atoms with E-state index in [1.54, 1.807) is 0 Å². The molecule has 0 saturated heterocycles. The molecule has 1 N–H and O–H groups in total. The van der Waals surface area contributed by atoms with E-state index in [1.165, 1.54) is 42.5 Å². The van der Waals surface area contributed by atoms with Crippen molar-refractivity contribution in [2.24, 2.45) is 0 Å². The topological polar surface area (TPSA) is 115 Å². The van der Waals surface area contributed by atoms with Crippen molar-refractivity contribution in [3.8, 4) is 5.75 Å². The fraction of sp³-hybridized carbons (Fsp3) is 0. The molecule has 2 aromatic carbocycles. The maximum atomic E-state index is 12.1. The van der Waals surface area contributed by atoms with Crippen LogP contribution < -0.4 is 10.5 Å². The third kappa shape index (κ3) is 2.33. The molecule has 0 spiro atoms. The molecule has 3 rings (SSSR count). The SMILES string of the molecule is O=C(Oc1cccc2oc(=O)[nH]c12)c1ccccc1[N+](=O)[O-]. The number of aromatic amines is 1. The molecule has 1 aromatic heterocycles. The highest BCUT2D eigenvalue weighted by atomic mass is 16.6. The number of oxazole rings is 1. The number of hydrogen-bond donors (Lipinski definition) is 1. The van der Waals surface area contributed by atoms with Crippen molar-refractivity contribution in [1.82, 2.24) is 4.98 Å². The van der Waals surface area contributed by atoms with Gasteiger partial charge in [-0.25, -0.2) is 9.59 Å². The second-order valence-electron chi connectivity index (χ2n) is 4.31. The van der Waals surface area contributed by atoms with E-state index < -0.39 is 16.6 Å². The Balaban J connectivity index is 2.01. The van der Waals surface area contributed by atoms with Crippen molar-refractivity contribution in [3.05, 3.63) is 68.7 Å². The molecule has 0 fully saturated rings. The van der Waals surface area contributed by atoms with Gasteiger partial charge in [0.2, 0.25) is 0 Å². The zero-order valence-corrected chi connectivity index (χ0v) is 10.9. The van der Waals surface area contributed by atoms with E-state index >= 15 is 0 Å². The van der Waals surface area contributed by atoms with Gasteiger partial charge in [0.05, 0.1) is 4.92 Å². The lowest BCUT2D eigenvalue weighted by molar-refractivity contribution is -0.385. The number of ether oxygens (including phenoxy) is 1. The van der Waals surface area contributed by atoms with Crippen molar-refractivity contribution in [1.29, 1.82) is 0 Å². The van der Waals surface area contributed by atoms with Crippen LogP contribution in [0.3, 0.4) is 0 Å². The predicted molar refractivity (Wildman–Crippen MR) is 74.9 cm³/mol. The predicted octanol–water partition coefficient (Wildman–Crippen LogP) is 2.25. The van der Waals surface area contributed by atoms with Crippen LogP contribution in [0.4, 0.5) is 5.69 Å². The Morgan fingerprint density at radius 1 is 1.18 bits per heavy atom. The van der Waals surface area contributed by atoms with Crippen LogP contribution in [-0.2, 0) is 0 Å². The first-order valence-electron chi connectivity index (χ1n) is 6.13. The molecule has 0 atom stereocenters. The molecular weight excluding hydrogens is 292 g/mol. The molecule has 110 valence electrons. The van der Waals surface area contributed by atoms with Gasteiger partial charge in [0.15, 0.2) is 11.3 Å². The third-order valence-corrected chi connectivity index (χ3v) is 2.94. The van der Waals surface area contributed by atoms with E-state index in [-0.39, 0.29) is 28.1 Å². The molecule has 0 unspecified atom stereocenters. The smallest absolute Gasteiger partial charge is 0.417 e. The van der Waals surface area contributed by atoms with Crippen molar-refractivity contribution in [2.75, 3.05) is 0 Å². The summed E-state index contributed by atoms with van der Waals surface area (Å²) in [7, 11) is 0. The second kappa shape index (κ2) is 5.17. The zero-order chi connectivity index (χ0) is 15.7. The van der Waals surface area contributed by atoms with Gasteiger partial charge < -0.3 is 9.15 Å². The van der Waals surface area contributed by atoms with Gasteiger partial charge in [0.25, 0.3) is 5.69 Å². The first kappa shape index (κ1) is 13.6. The molecule has 0 radical (unpaired) electrons. The van der Waals surface area contributed by atoms with Crippen LogP contribution >= 0.6 is 0 Å². The number of carbonyl (C=O) groups excluding carboxylic acids is 1. The molecule has 8 heteroatoms. The number of para-hydroxylation sites is 2. The van der Waals surface area contributed by atoms with Gasteiger partial charge >= 0.3 is 11.7 Å². The van der Waals surface area contributed by atoms with Crippen molar-refractivity contribution in [3.63, 3.8) is 0 Å². The number of nitrogens with zero attached hydrogens (tertiary/aromatic N) is 1. The molecule has 0 bridgehead atoms. The summed E-state index contributed by atoms with van der Waals surface area (Å²) < 4.78 is 9.99. The Hall–Kier alpha value is -3.42. The van der Waals surface area contributed by atoms with Gasteiger partial charge in [-0.3, -0.25) is 15.1 Å². The minimum atomic E-state index is -0.901.